The van der Waals surface area contributed by atoms with Crippen LogP contribution in [0.2, 0.25) is 5.28 Å². The summed E-state index contributed by atoms with van der Waals surface area (Å²) in [4.78, 5) is 47.4. The van der Waals surface area contributed by atoms with Crippen molar-refractivity contribution in [1.29, 1.82) is 0 Å². The van der Waals surface area contributed by atoms with Crippen molar-refractivity contribution >= 4 is 62.9 Å². The van der Waals surface area contributed by atoms with Gasteiger partial charge in [0.2, 0.25) is 11.0 Å². The molecule has 1 saturated heterocycles. The molecular formula is C54H81ClF3N9O15P2. The lowest BCUT2D eigenvalue weighted by Crippen LogP contribution is -2.15. The van der Waals surface area contributed by atoms with Crippen LogP contribution < -0.4 is 15.4 Å². The number of benzene rings is 2. The van der Waals surface area contributed by atoms with Gasteiger partial charge in [0.05, 0.1) is 148 Å². The molecule has 0 bridgehead atoms. The summed E-state index contributed by atoms with van der Waals surface area (Å²) in [6, 6.07) is 9.06. The van der Waals surface area contributed by atoms with Crippen molar-refractivity contribution in [1.82, 2.24) is 34.7 Å². The van der Waals surface area contributed by atoms with Crippen molar-refractivity contribution in [2.24, 2.45) is 0 Å². The number of aromatic nitrogens is 7. The minimum Gasteiger partial charge on any atom is -0.420 e. The van der Waals surface area contributed by atoms with Crippen LogP contribution in [0.25, 0.3) is 11.0 Å². The average molecular weight is 1250 g/mol. The van der Waals surface area contributed by atoms with E-state index in [0.29, 0.717) is 141 Å². The van der Waals surface area contributed by atoms with Crippen LogP contribution in [-0.4, -0.2) is 189 Å². The number of hydrogen-bond acceptors (Lipinski definition) is 22. The second-order valence-corrected chi connectivity index (χ2v) is 22.1. The summed E-state index contributed by atoms with van der Waals surface area (Å²) >= 11 is 6.18. The number of nitrogens with one attached hydrogen (secondary N) is 2. The molecule has 1 saturated carbocycles. The van der Waals surface area contributed by atoms with Gasteiger partial charge < -0.3 is 77.1 Å². The van der Waals surface area contributed by atoms with E-state index >= 15 is 0 Å². The molecule has 1 aliphatic carbocycles. The Kier molecular flexibility index (Phi) is 37.5. The van der Waals surface area contributed by atoms with E-state index in [1.165, 1.54) is 19.3 Å². The molecule has 2 aromatic carbocycles. The molecule has 30 heteroatoms. The first-order chi connectivity index (χ1) is 40.8. The summed E-state index contributed by atoms with van der Waals surface area (Å²) in [5.74, 6) is -4.50. The second kappa shape index (κ2) is 43.9. The molecule has 470 valence electrons. The molecule has 24 nitrogen and oxygen atoms in total. The van der Waals surface area contributed by atoms with Crippen LogP contribution in [-0.2, 0) is 76.4 Å². The normalized spacial score (nSPS) is 14.7. The van der Waals surface area contributed by atoms with E-state index in [2.05, 4.69) is 59.8 Å². The Balaban J connectivity index is 0.000000329. The highest BCUT2D eigenvalue weighted by molar-refractivity contribution is 7.66. The third kappa shape index (κ3) is 31.1. The van der Waals surface area contributed by atoms with E-state index in [9.17, 15) is 22.8 Å². The molecule has 0 amide bonds. The van der Waals surface area contributed by atoms with Crippen molar-refractivity contribution in [2.45, 2.75) is 90.3 Å². The van der Waals surface area contributed by atoms with Gasteiger partial charge in [-0.25, -0.2) is 22.5 Å². The molecule has 5 aromatic rings. The molecule has 1 aliphatic heterocycles. The van der Waals surface area contributed by atoms with Gasteiger partial charge in [0.25, 0.3) is 0 Å². The van der Waals surface area contributed by atoms with Crippen molar-refractivity contribution in [3.05, 3.63) is 82.8 Å². The average Bonchev–Trinajstić information content (AvgIpc) is 2.89. The van der Waals surface area contributed by atoms with Crippen LogP contribution in [0.4, 0.5) is 24.7 Å². The number of ether oxygens (including phenoxy) is 10. The number of aldehydes is 1. The third-order valence-electron chi connectivity index (χ3n) is 11.5. The largest absolute Gasteiger partial charge is 0.420 e. The van der Waals surface area contributed by atoms with Crippen molar-refractivity contribution in [2.75, 3.05) is 136 Å². The van der Waals surface area contributed by atoms with Gasteiger partial charge in [0.15, 0.2) is 31.9 Å². The van der Waals surface area contributed by atoms with Gasteiger partial charge in [0, 0.05) is 53.1 Å². The highest BCUT2D eigenvalue weighted by Crippen LogP contribution is 2.43. The van der Waals surface area contributed by atoms with Crippen LogP contribution in [0.15, 0.2) is 48.8 Å². The van der Waals surface area contributed by atoms with Gasteiger partial charge in [-0.05, 0) is 55.2 Å². The highest BCUT2D eigenvalue weighted by Gasteiger charge is 2.28. The van der Waals surface area contributed by atoms with Crippen molar-refractivity contribution in [3.8, 4) is 5.75 Å². The number of carbonyl (C=O) groups is 2. The van der Waals surface area contributed by atoms with Gasteiger partial charge >= 0.3 is 5.97 Å². The van der Waals surface area contributed by atoms with Gasteiger partial charge in [-0.1, -0.05) is 43.5 Å². The van der Waals surface area contributed by atoms with E-state index in [-0.39, 0.29) is 43.9 Å². The molecule has 3 atom stereocenters. The summed E-state index contributed by atoms with van der Waals surface area (Å²) in [5.41, 5.74) is 3.62. The maximum absolute atomic E-state index is 13.5. The predicted octanol–water partition coefficient (Wildman–Crippen LogP) is 8.22. The van der Waals surface area contributed by atoms with Crippen LogP contribution in [0, 0.1) is 17.5 Å². The molecule has 7 rings (SSSR count). The van der Waals surface area contributed by atoms with Crippen LogP contribution in [0.5, 0.6) is 5.75 Å². The number of nitrogens with zero attached hydrogens (tertiary/aromatic N) is 7. The van der Waals surface area contributed by atoms with Crippen molar-refractivity contribution in [3.63, 3.8) is 0 Å². The van der Waals surface area contributed by atoms with Crippen LogP contribution in [0.3, 0.4) is 0 Å². The number of halogens is 4. The molecule has 2 aliphatic rings. The molecular weight excluding hydrogens is 1170 g/mol. The summed E-state index contributed by atoms with van der Waals surface area (Å²) in [7, 11) is 1.15. The number of rotatable bonds is 39. The molecule has 0 radical (unpaired) electrons. The van der Waals surface area contributed by atoms with E-state index in [4.69, 9.17) is 68.5 Å². The van der Waals surface area contributed by atoms with E-state index in [1.54, 1.807) is 24.2 Å². The minimum atomic E-state index is -1.74. The smallest absolute Gasteiger partial charge is 0.313 e. The third-order valence-corrected chi connectivity index (χ3v) is 14.9. The Morgan fingerprint density at radius 3 is 1.94 bits per heavy atom. The summed E-state index contributed by atoms with van der Waals surface area (Å²) in [5, 5.41) is 20.1. The zero-order chi connectivity index (χ0) is 60.6. The molecule has 4 heterocycles. The van der Waals surface area contributed by atoms with Crippen LogP contribution >= 0.6 is 28.1 Å². The van der Waals surface area contributed by atoms with Crippen LogP contribution in [0.1, 0.15) is 75.8 Å². The minimum absolute atomic E-state index is 0.0407. The molecule has 84 heavy (non-hydrogen) atoms. The highest BCUT2D eigenvalue weighted by atomic mass is 35.5. The second-order valence-electron chi connectivity index (χ2n) is 18.2. The van der Waals surface area contributed by atoms with Gasteiger partial charge in [-0.2, -0.15) is 15.1 Å². The molecule has 3 unspecified atom stereocenters. The monoisotopic (exact) mass is 1250 g/mol. The molecule has 2 fully saturated rings. The Labute approximate surface area is 495 Å². The first-order valence-electron chi connectivity index (χ1n) is 27.6. The SMILES string of the molecule is C1CC1.CCC1CCC(n2ncc3c(NCc4ccc(NC)cc4)nc(Cl)nc32)O1.COP(C)CP(O)O.O=CCCOCCOCCOCCOCc1cn(CCOCCOCCOCCOCCC(=O)Oc2c(F)cc(F)cc2F)nn1. The zero-order valence-corrected chi connectivity index (χ0v) is 50.7. The number of hydrogen-bond donors (Lipinski definition) is 4. The van der Waals surface area contributed by atoms with E-state index in [1.807, 2.05) is 30.5 Å². The number of esters is 1. The lowest BCUT2D eigenvalue weighted by molar-refractivity contribution is -0.136. The van der Waals surface area contributed by atoms with Gasteiger partial charge in [-0.3, -0.25) is 4.79 Å². The first kappa shape index (κ1) is 71.8. The molecule has 4 N–H and O–H groups in total. The maximum atomic E-state index is 13.5. The Hall–Kier alpha value is -4.67. The Morgan fingerprint density at radius 1 is 0.821 bits per heavy atom. The first-order valence-corrected chi connectivity index (χ1v) is 31.3. The zero-order valence-electron chi connectivity index (χ0n) is 48.2. The van der Waals surface area contributed by atoms with Gasteiger partial charge in [-0.15, -0.1) is 5.10 Å². The van der Waals surface area contributed by atoms with E-state index < -0.39 is 45.7 Å². The maximum Gasteiger partial charge on any atom is 0.313 e. The van der Waals surface area contributed by atoms with Crippen molar-refractivity contribution < 1.29 is 84.4 Å². The number of anilines is 2. The fourth-order valence-corrected chi connectivity index (χ4v) is 9.02. The Bertz CT molecular complexity index is 2540. The Morgan fingerprint density at radius 2 is 1.40 bits per heavy atom. The topological polar surface area (TPSA) is 274 Å². The number of fused-ring (bicyclic) bond motifs is 1. The fourth-order valence-electron chi connectivity index (χ4n) is 6.97. The predicted molar refractivity (Wildman–Crippen MR) is 310 cm³/mol. The number of carbonyl (C=O) groups excluding carboxylic acids is 2. The molecule has 3 aromatic heterocycles. The summed E-state index contributed by atoms with van der Waals surface area (Å²) in [6.45, 7) is 10.9. The molecule has 0 spiro atoms. The lowest BCUT2D eigenvalue weighted by Gasteiger charge is -2.14. The quantitative estimate of drug-likeness (QED) is 0.00720. The van der Waals surface area contributed by atoms with Gasteiger partial charge in [0.1, 0.15) is 23.6 Å². The van der Waals surface area contributed by atoms with E-state index in [0.717, 1.165) is 42.2 Å². The summed E-state index contributed by atoms with van der Waals surface area (Å²) < 4.78 is 102. The lowest BCUT2D eigenvalue weighted by atomic mass is 10.2. The fraction of sp³-hybridized carbons (Fsp3) is 0.611. The summed E-state index contributed by atoms with van der Waals surface area (Å²) in [6.07, 6.45) is 12.2. The standard InChI is InChI=1S/C29H42F3N3O11.C19H23ClN6O.C3H10O3P2.C3H6/c30-24-20-26(31)29(27(32)21-24)46-28(37)2-6-39-9-12-42-14-15-43-13-10-40-7-3-35-22-25(33-34-35)23-45-19-18-44-17-16-41-11-8-38-5-1-4-36;1-3-14-8-9-16(27-14)26-18-15(11-23-26)17(24-19(20)25-18)22-10-12-4-6-13(21-2)7-5-12;1-6-7(2)3-8(4)5;1-2-3-1/h4,20-22H,1-3,5-19,23H2;4-7,11,14,16,21H,3,8-10H2,1-2H3,(H,22,24,25);4-5H,3H2,1-2H3;1-3H2.